The normalized spacial score (nSPS) is 57.2. The molecular formula is C27H47NO2. The largest absolute Gasteiger partial charge is 0.393 e. The molecule has 4 saturated carbocycles. The second kappa shape index (κ2) is 7.73. The number of nitrogens with one attached hydrogen (secondary N) is 1. The van der Waals surface area contributed by atoms with E-state index in [0.717, 1.165) is 49.5 Å². The van der Waals surface area contributed by atoms with Gasteiger partial charge in [0.1, 0.15) is 0 Å². The van der Waals surface area contributed by atoms with Gasteiger partial charge in [-0.3, -0.25) is 0 Å². The number of hydrogen-bond donors (Lipinski definition) is 3. The Bertz CT molecular complexity index is 630. The first-order valence-electron chi connectivity index (χ1n) is 13.3. The summed E-state index contributed by atoms with van der Waals surface area (Å²) >= 11 is 0. The predicted octanol–water partition coefficient (Wildman–Crippen LogP) is 5.00. The average molecular weight is 418 g/mol. The van der Waals surface area contributed by atoms with Crippen LogP contribution in [0.25, 0.3) is 0 Å². The maximum atomic E-state index is 11.4. The standard InChI is InChI=1S/C27H47NO2/c1-16-5-8-23(28-15-16)17(2)25-24(30)14-22-20-7-6-18-13-19(29)9-11-26(18,3)21(20)10-12-27(22,25)4/h16-25,28-30H,5-15H2,1-4H3/t16-,17-,18+,19+,20-,21+,22+,23-,24-,25+,26+,27+/m1/s1. The van der Waals surface area contributed by atoms with Crippen LogP contribution in [0.2, 0.25) is 0 Å². The molecule has 5 rings (SSSR count). The van der Waals surface area contributed by atoms with E-state index in [1.165, 1.54) is 44.9 Å². The Morgan fingerprint density at radius 1 is 0.867 bits per heavy atom. The molecule has 3 heteroatoms. The Morgan fingerprint density at radius 3 is 2.37 bits per heavy atom. The molecule has 3 N–H and O–H groups in total. The minimum Gasteiger partial charge on any atom is -0.393 e. The van der Waals surface area contributed by atoms with Crippen LogP contribution in [-0.2, 0) is 0 Å². The molecule has 12 atom stereocenters. The summed E-state index contributed by atoms with van der Waals surface area (Å²) in [7, 11) is 0. The molecular weight excluding hydrogens is 370 g/mol. The van der Waals surface area contributed by atoms with Gasteiger partial charge in [0.05, 0.1) is 12.2 Å². The molecule has 0 unspecified atom stereocenters. The minimum absolute atomic E-state index is 0.0577. The molecule has 5 fully saturated rings. The van der Waals surface area contributed by atoms with Crippen molar-refractivity contribution in [1.82, 2.24) is 5.32 Å². The van der Waals surface area contributed by atoms with Crippen molar-refractivity contribution < 1.29 is 10.2 Å². The highest BCUT2D eigenvalue weighted by molar-refractivity contribution is 5.12. The SMILES string of the molecule is C[C@@H]1CC[C@H]([C@@H](C)[C@H]2[C@H](O)C[C@H]3[C@@H]4CC[C@H]5C[C@@H](O)CC[C@]5(C)[C@H]4CC[C@]23C)NC1. The number of rotatable bonds is 2. The molecule has 4 aliphatic carbocycles. The van der Waals surface area contributed by atoms with Crippen LogP contribution in [0.1, 0.15) is 91.9 Å². The van der Waals surface area contributed by atoms with Gasteiger partial charge in [-0.15, -0.1) is 0 Å². The maximum absolute atomic E-state index is 11.4. The van der Waals surface area contributed by atoms with Crippen molar-refractivity contribution >= 4 is 0 Å². The number of aliphatic hydroxyl groups excluding tert-OH is 2. The molecule has 0 radical (unpaired) electrons. The first kappa shape index (κ1) is 21.7. The molecule has 3 nitrogen and oxygen atoms in total. The van der Waals surface area contributed by atoms with E-state index in [0.29, 0.717) is 34.6 Å². The van der Waals surface area contributed by atoms with Gasteiger partial charge in [0.15, 0.2) is 0 Å². The van der Waals surface area contributed by atoms with Gasteiger partial charge in [-0.1, -0.05) is 27.7 Å². The zero-order valence-electron chi connectivity index (χ0n) is 19.9. The molecule has 5 aliphatic rings. The van der Waals surface area contributed by atoms with E-state index in [1.807, 2.05) is 0 Å². The summed E-state index contributed by atoms with van der Waals surface area (Å²) in [4.78, 5) is 0. The molecule has 0 aromatic rings. The van der Waals surface area contributed by atoms with Crippen LogP contribution < -0.4 is 5.32 Å². The summed E-state index contributed by atoms with van der Waals surface area (Å²) in [6.45, 7) is 11.1. The fourth-order valence-electron chi connectivity index (χ4n) is 9.96. The van der Waals surface area contributed by atoms with Gasteiger partial charge in [0.25, 0.3) is 0 Å². The third-order valence-corrected chi connectivity index (χ3v) is 11.6. The Labute approximate surface area is 184 Å². The summed E-state index contributed by atoms with van der Waals surface area (Å²) in [5, 5.41) is 25.5. The highest BCUT2D eigenvalue weighted by atomic mass is 16.3. The van der Waals surface area contributed by atoms with Gasteiger partial charge in [-0.25, -0.2) is 0 Å². The quantitative estimate of drug-likeness (QED) is 0.592. The van der Waals surface area contributed by atoms with Gasteiger partial charge >= 0.3 is 0 Å². The highest BCUT2D eigenvalue weighted by Crippen LogP contribution is 2.68. The van der Waals surface area contributed by atoms with E-state index in [-0.39, 0.29) is 12.2 Å². The number of piperidine rings is 1. The van der Waals surface area contributed by atoms with Crippen molar-refractivity contribution in [3.63, 3.8) is 0 Å². The molecule has 1 saturated heterocycles. The molecule has 1 aliphatic heterocycles. The molecule has 30 heavy (non-hydrogen) atoms. The van der Waals surface area contributed by atoms with Crippen LogP contribution >= 0.6 is 0 Å². The fourth-order valence-corrected chi connectivity index (χ4v) is 9.96. The fraction of sp³-hybridized carbons (Fsp3) is 1.00. The van der Waals surface area contributed by atoms with E-state index in [9.17, 15) is 10.2 Å². The van der Waals surface area contributed by atoms with Gasteiger partial charge in [-0.2, -0.15) is 0 Å². The van der Waals surface area contributed by atoms with E-state index < -0.39 is 0 Å². The lowest BCUT2D eigenvalue weighted by Gasteiger charge is -2.61. The molecule has 0 spiro atoms. The van der Waals surface area contributed by atoms with Crippen molar-refractivity contribution in [1.29, 1.82) is 0 Å². The summed E-state index contributed by atoms with van der Waals surface area (Å²) in [6, 6.07) is 0.585. The molecule has 0 amide bonds. The van der Waals surface area contributed by atoms with Crippen LogP contribution in [0.5, 0.6) is 0 Å². The second-order valence-electron chi connectivity index (χ2n) is 13.0. The highest BCUT2D eigenvalue weighted by Gasteiger charge is 2.63. The Hall–Kier alpha value is -0.120. The van der Waals surface area contributed by atoms with Crippen LogP contribution in [0.4, 0.5) is 0 Å². The van der Waals surface area contributed by atoms with Gasteiger partial charge < -0.3 is 15.5 Å². The van der Waals surface area contributed by atoms with Crippen molar-refractivity contribution in [2.24, 2.45) is 52.3 Å². The maximum Gasteiger partial charge on any atom is 0.0579 e. The summed E-state index contributed by atoms with van der Waals surface area (Å²) < 4.78 is 0. The Morgan fingerprint density at radius 2 is 1.63 bits per heavy atom. The summed E-state index contributed by atoms with van der Waals surface area (Å²) in [5.74, 6) is 4.85. The van der Waals surface area contributed by atoms with Crippen LogP contribution in [0.15, 0.2) is 0 Å². The lowest BCUT2D eigenvalue weighted by Crippen LogP contribution is -2.55. The number of fused-ring (bicyclic) bond motifs is 5. The summed E-state index contributed by atoms with van der Waals surface area (Å²) in [6.07, 6.45) is 12.0. The molecule has 0 bridgehead atoms. The number of aliphatic hydroxyl groups is 2. The lowest BCUT2D eigenvalue weighted by molar-refractivity contribution is -0.130. The van der Waals surface area contributed by atoms with Gasteiger partial charge in [0, 0.05) is 6.04 Å². The van der Waals surface area contributed by atoms with Crippen molar-refractivity contribution in [2.45, 2.75) is 110 Å². The van der Waals surface area contributed by atoms with Crippen molar-refractivity contribution in [3.8, 4) is 0 Å². The van der Waals surface area contributed by atoms with Crippen LogP contribution in [0, 0.1) is 52.3 Å². The van der Waals surface area contributed by atoms with Crippen molar-refractivity contribution in [2.75, 3.05) is 6.54 Å². The van der Waals surface area contributed by atoms with Crippen LogP contribution in [-0.4, -0.2) is 35.0 Å². The molecule has 1 heterocycles. The molecule has 0 aromatic heterocycles. The molecule has 172 valence electrons. The number of hydrogen-bond acceptors (Lipinski definition) is 3. The topological polar surface area (TPSA) is 52.5 Å². The monoisotopic (exact) mass is 417 g/mol. The Balaban J connectivity index is 1.37. The summed E-state index contributed by atoms with van der Waals surface area (Å²) in [5.41, 5.74) is 0.737. The van der Waals surface area contributed by atoms with Gasteiger partial charge in [-0.05, 0) is 123 Å². The second-order valence-corrected chi connectivity index (χ2v) is 13.0. The zero-order chi connectivity index (χ0) is 21.3. The van der Waals surface area contributed by atoms with E-state index in [4.69, 9.17) is 0 Å². The van der Waals surface area contributed by atoms with Crippen molar-refractivity contribution in [3.05, 3.63) is 0 Å². The van der Waals surface area contributed by atoms with E-state index in [2.05, 4.69) is 33.0 Å². The molecule has 0 aromatic carbocycles. The Kier molecular flexibility index (Phi) is 5.60. The smallest absolute Gasteiger partial charge is 0.0579 e. The van der Waals surface area contributed by atoms with Crippen LogP contribution in [0.3, 0.4) is 0 Å². The predicted molar refractivity (Wildman–Crippen MR) is 122 cm³/mol. The average Bonchev–Trinajstić information content (AvgIpc) is 2.98. The minimum atomic E-state index is -0.117. The van der Waals surface area contributed by atoms with Gasteiger partial charge in [0.2, 0.25) is 0 Å². The van der Waals surface area contributed by atoms with E-state index in [1.54, 1.807) is 0 Å². The third-order valence-electron chi connectivity index (χ3n) is 11.6. The first-order chi connectivity index (χ1) is 14.2. The van der Waals surface area contributed by atoms with E-state index >= 15 is 0 Å². The lowest BCUT2D eigenvalue weighted by atomic mass is 9.44. The third kappa shape index (κ3) is 3.24. The first-order valence-corrected chi connectivity index (χ1v) is 13.3. The zero-order valence-corrected chi connectivity index (χ0v) is 19.9.